The maximum Gasteiger partial charge on any atom is 0.260 e. The highest BCUT2D eigenvalue weighted by molar-refractivity contribution is 7.91. The van der Waals surface area contributed by atoms with Crippen LogP contribution in [0, 0.1) is 6.92 Å². The second-order valence-corrected chi connectivity index (χ2v) is 11.9. The van der Waals surface area contributed by atoms with Crippen LogP contribution in [0.25, 0.3) is 10.2 Å². The number of carbonyl (C=O) groups is 1. The number of hydrogen-bond donors (Lipinski definition) is 0. The van der Waals surface area contributed by atoms with Crippen LogP contribution in [0.1, 0.15) is 29.3 Å². The zero-order valence-corrected chi connectivity index (χ0v) is 21.7. The van der Waals surface area contributed by atoms with Crippen molar-refractivity contribution in [2.45, 2.75) is 25.2 Å². The van der Waals surface area contributed by atoms with Crippen molar-refractivity contribution in [2.24, 2.45) is 0 Å². The van der Waals surface area contributed by atoms with Gasteiger partial charge in [-0.15, -0.1) is 0 Å². The number of fused-ring (bicyclic) bond motifs is 1. The summed E-state index contributed by atoms with van der Waals surface area (Å²) in [5.74, 6) is -0.288. The topological polar surface area (TPSA) is 79.8 Å². The molecule has 0 aliphatic carbocycles. The van der Waals surface area contributed by atoms with Gasteiger partial charge in [0.05, 0.1) is 34.1 Å². The molecule has 1 aliphatic rings. The van der Waals surface area contributed by atoms with Crippen molar-refractivity contribution in [3.8, 4) is 0 Å². The highest BCUT2D eigenvalue weighted by Crippen LogP contribution is 2.34. The zero-order valence-electron chi connectivity index (χ0n) is 19.3. The van der Waals surface area contributed by atoms with E-state index in [2.05, 4.69) is 4.90 Å². The van der Waals surface area contributed by atoms with Crippen LogP contribution in [0.2, 0.25) is 5.02 Å². The SMILES string of the molecule is CCS(=O)(=O)c1cccc(C(=O)N(CCCN2CCOCC2)c2nc3c(C)c(Cl)ccc3s2)c1. The van der Waals surface area contributed by atoms with Crippen LogP contribution in [0.4, 0.5) is 5.13 Å². The number of benzene rings is 2. The fourth-order valence-electron chi connectivity index (χ4n) is 3.91. The molecule has 182 valence electrons. The lowest BCUT2D eigenvalue weighted by Gasteiger charge is -2.27. The molecule has 0 saturated carbocycles. The first-order chi connectivity index (χ1) is 16.3. The number of sulfone groups is 1. The van der Waals surface area contributed by atoms with Crippen LogP contribution in [0.5, 0.6) is 0 Å². The number of thiazole rings is 1. The van der Waals surface area contributed by atoms with Gasteiger partial charge in [-0.3, -0.25) is 14.6 Å². The summed E-state index contributed by atoms with van der Waals surface area (Å²) in [6.07, 6.45) is 0.758. The summed E-state index contributed by atoms with van der Waals surface area (Å²) in [5, 5.41) is 1.21. The second kappa shape index (κ2) is 10.7. The Kier molecular flexibility index (Phi) is 7.89. The Balaban J connectivity index is 1.65. The van der Waals surface area contributed by atoms with Gasteiger partial charge in [-0.2, -0.15) is 0 Å². The standard InChI is InChI=1S/C24H28ClN3O4S2/c1-3-34(30,31)19-7-4-6-18(16-19)23(29)28(11-5-10-27-12-14-32-15-13-27)24-26-22-17(2)20(25)8-9-21(22)33-24/h4,6-9,16H,3,5,10-15H2,1-2H3. The highest BCUT2D eigenvalue weighted by atomic mass is 35.5. The number of ether oxygens (including phenoxy) is 1. The van der Waals surface area contributed by atoms with Gasteiger partial charge in [-0.05, 0) is 49.2 Å². The number of hydrogen-bond acceptors (Lipinski definition) is 7. The van der Waals surface area contributed by atoms with Gasteiger partial charge in [0, 0.05) is 36.8 Å². The van der Waals surface area contributed by atoms with E-state index in [4.69, 9.17) is 21.3 Å². The van der Waals surface area contributed by atoms with E-state index in [1.54, 1.807) is 24.0 Å². The Morgan fingerprint density at radius 2 is 2.00 bits per heavy atom. The number of aromatic nitrogens is 1. The molecule has 1 fully saturated rings. The third-order valence-corrected chi connectivity index (χ3v) is 9.18. The van der Waals surface area contributed by atoms with Gasteiger partial charge in [-0.25, -0.2) is 13.4 Å². The third kappa shape index (κ3) is 5.44. The first-order valence-electron chi connectivity index (χ1n) is 11.3. The smallest absolute Gasteiger partial charge is 0.260 e. The fraction of sp³-hybridized carbons (Fsp3) is 0.417. The Morgan fingerprint density at radius 1 is 1.24 bits per heavy atom. The van der Waals surface area contributed by atoms with Crippen LogP contribution in [0.15, 0.2) is 41.3 Å². The first kappa shape index (κ1) is 25.1. The van der Waals surface area contributed by atoms with E-state index in [9.17, 15) is 13.2 Å². The van der Waals surface area contributed by atoms with Gasteiger partial charge in [-0.1, -0.05) is 35.9 Å². The number of anilines is 1. The highest BCUT2D eigenvalue weighted by Gasteiger charge is 2.24. The number of morpholine rings is 1. The average molecular weight is 522 g/mol. The van der Waals surface area contributed by atoms with Crippen molar-refractivity contribution in [2.75, 3.05) is 50.0 Å². The van der Waals surface area contributed by atoms with E-state index >= 15 is 0 Å². The summed E-state index contributed by atoms with van der Waals surface area (Å²) in [4.78, 5) is 22.6. The maximum atomic E-state index is 13.7. The first-order valence-corrected chi connectivity index (χ1v) is 14.2. The molecule has 0 spiro atoms. The van der Waals surface area contributed by atoms with Crippen LogP contribution >= 0.6 is 22.9 Å². The van der Waals surface area contributed by atoms with Gasteiger partial charge >= 0.3 is 0 Å². The molecule has 3 aromatic rings. The number of halogens is 1. The Bertz CT molecular complexity index is 1290. The molecule has 0 N–H and O–H groups in total. The molecule has 4 rings (SSSR count). The van der Waals surface area contributed by atoms with Crippen molar-refractivity contribution in [3.05, 3.63) is 52.5 Å². The fourth-order valence-corrected chi connectivity index (χ4v) is 6.04. The van der Waals surface area contributed by atoms with E-state index in [0.29, 0.717) is 22.3 Å². The quantitative estimate of drug-likeness (QED) is 0.436. The second-order valence-electron chi connectivity index (χ2n) is 8.21. The summed E-state index contributed by atoms with van der Waals surface area (Å²) in [5.41, 5.74) is 1.98. The molecule has 7 nitrogen and oxygen atoms in total. The summed E-state index contributed by atoms with van der Waals surface area (Å²) in [6, 6.07) is 10.0. The minimum absolute atomic E-state index is 0.0220. The van der Waals surface area contributed by atoms with E-state index < -0.39 is 9.84 Å². The van der Waals surface area contributed by atoms with Crippen molar-refractivity contribution in [1.29, 1.82) is 0 Å². The number of rotatable bonds is 8. The van der Waals surface area contributed by atoms with Gasteiger partial charge in [0.25, 0.3) is 5.91 Å². The largest absolute Gasteiger partial charge is 0.379 e. The summed E-state index contributed by atoms with van der Waals surface area (Å²) >= 11 is 7.72. The van der Waals surface area contributed by atoms with Crippen LogP contribution in [-0.2, 0) is 14.6 Å². The molecule has 1 saturated heterocycles. The molecule has 34 heavy (non-hydrogen) atoms. The van der Waals surface area contributed by atoms with Crippen LogP contribution in [-0.4, -0.2) is 69.4 Å². The van der Waals surface area contributed by atoms with Crippen molar-refractivity contribution in [1.82, 2.24) is 9.88 Å². The van der Waals surface area contributed by atoms with Crippen molar-refractivity contribution < 1.29 is 17.9 Å². The molecule has 2 heterocycles. The van der Waals surface area contributed by atoms with Crippen molar-refractivity contribution >= 4 is 54.0 Å². The number of carbonyl (C=O) groups excluding carboxylic acids is 1. The van der Waals surface area contributed by atoms with Crippen LogP contribution < -0.4 is 4.90 Å². The number of aryl methyl sites for hydroxylation is 1. The normalized spacial score (nSPS) is 15.0. The average Bonchev–Trinajstić information content (AvgIpc) is 3.29. The molecule has 0 unspecified atom stereocenters. The Labute approximate surface area is 209 Å². The number of amides is 1. The van der Waals surface area contributed by atoms with E-state index in [0.717, 1.165) is 55.0 Å². The Morgan fingerprint density at radius 3 is 2.74 bits per heavy atom. The summed E-state index contributed by atoms with van der Waals surface area (Å²) < 4.78 is 31.1. The molecular weight excluding hydrogens is 494 g/mol. The molecule has 0 radical (unpaired) electrons. The van der Waals surface area contributed by atoms with E-state index in [1.165, 1.54) is 23.5 Å². The van der Waals surface area contributed by atoms with E-state index in [1.807, 2.05) is 19.1 Å². The molecule has 1 aromatic heterocycles. The van der Waals surface area contributed by atoms with E-state index in [-0.39, 0.29) is 16.6 Å². The van der Waals surface area contributed by atoms with Gasteiger partial charge in [0.1, 0.15) is 0 Å². The van der Waals surface area contributed by atoms with Gasteiger partial charge in [0.15, 0.2) is 15.0 Å². The van der Waals surface area contributed by atoms with Crippen molar-refractivity contribution in [3.63, 3.8) is 0 Å². The molecule has 0 bridgehead atoms. The third-order valence-electron chi connectivity index (χ3n) is 5.99. The minimum atomic E-state index is -3.42. The van der Waals surface area contributed by atoms with Gasteiger partial charge in [0.2, 0.25) is 0 Å². The van der Waals surface area contributed by atoms with Gasteiger partial charge < -0.3 is 4.74 Å². The predicted molar refractivity (Wildman–Crippen MR) is 137 cm³/mol. The minimum Gasteiger partial charge on any atom is -0.379 e. The lowest BCUT2D eigenvalue weighted by atomic mass is 10.2. The predicted octanol–water partition coefficient (Wildman–Crippen LogP) is 4.42. The number of nitrogens with zero attached hydrogens (tertiary/aromatic N) is 3. The lowest BCUT2D eigenvalue weighted by Crippen LogP contribution is -2.39. The molecule has 1 amide bonds. The summed E-state index contributed by atoms with van der Waals surface area (Å²) in [7, 11) is -3.42. The summed E-state index contributed by atoms with van der Waals surface area (Å²) in [6.45, 7) is 8.01. The maximum absolute atomic E-state index is 13.7. The molecular formula is C24H28ClN3O4S2. The molecule has 2 aromatic carbocycles. The Hall–Kier alpha value is -2.04. The monoisotopic (exact) mass is 521 g/mol. The zero-order chi connectivity index (χ0) is 24.3. The lowest BCUT2D eigenvalue weighted by molar-refractivity contribution is 0.0376. The molecule has 10 heteroatoms. The van der Waals surface area contributed by atoms with Crippen LogP contribution in [0.3, 0.4) is 0 Å². The molecule has 0 atom stereocenters. The molecule has 1 aliphatic heterocycles.